The standard InChI is InChI=1S/C18H21Cl2IN4O3/c1-11-10-25(12-4-5-13(19)14(20)9-12)24-18(11)23-17(28)3-2-8-22-16(27)7-6-15(21)26/h4-5,9,11H,2-3,6-8,10H2,1H3,(H,22,27)(H,23,24,28). The summed E-state index contributed by atoms with van der Waals surface area (Å²) in [4.78, 5) is 34.5. The van der Waals surface area contributed by atoms with Crippen LogP contribution in [0.25, 0.3) is 0 Å². The van der Waals surface area contributed by atoms with E-state index < -0.39 is 0 Å². The average molecular weight is 539 g/mol. The van der Waals surface area contributed by atoms with E-state index in [1.54, 1.807) is 39.7 Å². The predicted molar refractivity (Wildman–Crippen MR) is 119 cm³/mol. The molecule has 0 fully saturated rings. The third kappa shape index (κ3) is 7.21. The maximum Gasteiger partial charge on any atom is 0.225 e. The van der Waals surface area contributed by atoms with E-state index in [1.807, 2.05) is 13.0 Å². The highest BCUT2D eigenvalue weighted by Crippen LogP contribution is 2.29. The number of nitrogens with zero attached hydrogens (tertiary/aromatic N) is 2. The smallest absolute Gasteiger partial charge is 0.225 e. The van der Waals surface area contributed by atoms with Gasteiger partial charge in [0.15, 0.2) is 3.79 Å². The second-order valence-electron chi connectivity index (χ2n) is 6.42. The van der Waals surface area contributed by atoms with E-state index in [2.05, 4.69) is 15.7 Å². The number of benzene rings is 1. The first-order valence-corrected chi connectivity index (χ1v) is 10.7. The lowest BCUT2D eigenvalue weighted by molar-refractivity contribution is -0.123. The molecule has 0 aromatic heterocycles. The third-order valence-corrected chi connectivity index (χ3v) is 5.34. The van der Waals surface area contributed by atoms with Crippen LogP contribution in [0.1, 0.15) is 32.6 Å². The van der Waals surface area contributed by atoms with Crippen LogP contribution in [0.2, 0.25) is 10.0 Å². The van der Waals surface area contributed by atoms with E-state index in [9.17, 15) is 14.4 Å². The molecule has 1 aromatic carbocycles. The number of hydrogen-bond acceptors (Lipinski definition) is 5. The van der Waals surface area contributed by atoms with Gasteiger partial charge in [0.25, 0.3) is 0 Å². The molecule has 0 saturated heterocycles. The molecule has 1 atom stereocenters. The summed E-state index contributed by atoms with van der Waals surface area (Å²) in [6, 6.07) is 5.27. The van der Waals surface area contributed by atoms with E-state index in [1.165, 1.54) is 0 Å². The fourth-order valence-electron chi connectivity index (χ4n) is 2.55. The van der Waals surface area contributed by atoms with Gasteiger partial charge >= 0.3 is 0 Å². The third-order valence-electron chi connectivity index (χ3n) is 4.06. The van der Waals surface area contributed by atoms with Crippen molar-refractivity contribution in [2.24, 2.45) is 11.0 Å². The Labute approximate surface area is 187 Å². The Morgan fingerprint density at radius 3 is 2.61 bits per heavy atom. The molecule has 0 aliphatic carbocycles. The number of halogens is 3. The molecule has 1 aliphatic rings. The Kier molecular flexibility index (Phi) is 8.97. The summed E-state index contributed by atoms with van der Waals surface area (Å²) in [6.07, 6.45) is 1.17. The van der Waals surface area contributed by atoms with Crippen LogP contribution in [0.3, 0.4) is 0 Å². The lowest BCUT2D eigenvalue weighted by atomic mass is 10.1. The fourth-order valence-corrected chi connectivity index (χ4v) is 3.12. The van der Waals surface area contributed by atoms with Crippen molar-refractivity contribution >= 4 is 72.9 Å². The maximum absolute atomic E-state index is 12.1. The van der Waals surface area contributed by atoms with E-state index in [4.69, 9.17) is 23.2 Å². The van der Waals surface area contributed by atoms with Crippen LogP contribution in [0, 0.1) is 5.92 Å². The Balaban J connectivity index is 1.77. The predicted octanol–water partition coefficient (Wildman–Crippen LogP) is 3.52. The lowest BCUT2D eigenvalue weighted by Crippen LogP contribution is -2.34. The summed E-state index contributed by atoms with van der Waals surface area (Å²) < 4.78 is -0.0477. The maximum atomic E-state index is 12.1. The van der Waals surface area contributed by atoms with E-state index in [0.717, 1.165) is 5.69 Å². The molecular weight excluding hydrogens is 518 g/mol. The van der Waals surface area contributed by atoms with Crippen molar-refractivity contribution in [3.63, 3.8) is 0 Å². The minimum absolute atomic E-state index is 0.0477. The fraction of sp³-hybridized carbons (Fsp3) is 0.444. The number of carbonyl (C=O) groups is 3. The summed E-state index contributed by atoms with van der Waals surface area (Å²) in [5, 5.41) is 12.7. The van der Waals surface area contributed by atoms with E-state index in [-0.39, 0.29) is 40.8 Å². The largest absolute Gasteiger partial charge is 0.356 e. The van der Waals surface area contributed by atoms with Gasteiger partial charge in [-0.3, -0.25) is 19.4 Å². The minimum atomic E-state index is -0.184. The minimum Gasteiger partial charge on any atom is -0.356 e. The normalized spacial score (nSPS) is 15.9. The molecule has 2 amide bonds. The monoisotopic (exact) mass is 538 g/mol. The van der Waals surface area contributed by atoms with Gasteiger partial charge in [-0.15, -0.1) is 0 Å². The molecule has 0 spiro atoms. The summed E-state index contributed by atoms with van der Waals surface area (Å²) >= 11 is 13.7. The van der Waals surface area contributed by atoms with Gasteiger partial charge in [-0.25, -0.2) is 0 Å². The van der Waals surface area contributed by atoms with E-state index >= 15 is 0 Å². The van der Waals surface area contributed by atoms with Gasteiger partial charge < -0.3 is 10.6 Å². The van der Waals surface area contributed by atoms with Crippen LogP contribution in [0.4, 0.5) is 5.69 Å². The van der Waals surface area contributed by atoms with Gasteiger partial charge in [0.05, 0.1) is 22.3 Å². The molecule has 1 unspecified atom stereocenters. The van der Waals surface area contributed by atoms with Gasteiger partial charge in [0.1, 0.15) is 5.84 Å². The highest BCUT2D eigenvalue weighted by atomic mass is 127. The first kappa shape index (κ1) is 22.9. The van der Waals surface area contributed by atoms with Gasteiger partial charge in [0, 0.05) is 31.7 Å². The number of carbonyl (C=O) groups excluding carboxylic acids is 3. The number of hydrazone groups is 1. The number of anilines is 1. The van der Waals surface area contributed by atoms with Crippen LogP contribution < -0.4 is 15.6 Å². The number of hydrogen-bond donors (Lipinski definition) is 2. The summed E-state index contributed by atoms with van der Waals surface area (Å²) in [7, 11) is 0. The summed E-state index contributed by atoms with van der Waals surface area (Å²) in [6.45, 7) is 2.99. The van der Waals surface area contributed by atoms with E-state index in [0.29, 0.717) is 35.4 Å². The molecule has 1 aromatic rings. The second-order valence-corrected chi connectivity index (χ2v) is 8.44. The van der Waals surface area contributed by atoms with Crippen LogP contribution in [0.15, 0.2) is 23.3 Å². The second kappa shape index (κ2) is 11.0. The summed E-state index contributed by atoms with van der Waals surface area (Å²) in [5.74, 6) is 0.319. The van der Waals surface area contributed by atoms with Crippen molar-refractivity contribution < 1.29 is 14.4 Å². The van der Waals surface area contributed by atoms with Crippen LogP contribution in [0.5, 0.6) is 0 Å². The Morgan fingerprint density at radius 1 is 1.18 bits per heavy atom. The van der Waals surface area contributed by atoms with Gasteiger partial charge in [-0.05, 0) is 47.2 Å². The van der Waals surface area contributed by atoms with Gasteiger partial charge in [0.2, 0.25) is 11.8 Å². The molecule has 1 aliphatic heterocycles. The van der Waals surface area contributed by atoms with Crippen molar-refractivity contribution in [3.05, 3.63) is 28.2 Å². The molecule has 0 saturated carbocycles. The van der Waals surface area contributed by atoms with Crippen molar-refractivity contribution in [2.45, 2.75) is 32.6 Å². The summed E-state index contributed by atoms with van der Waals surface area (Å²) in [5.41, 5.74) is 0.804. The molecule has 152 valence electrons. The Morgan fingerprint density at radius 2 is 1.93 bits per heavy atom. The molecule has 10 heteroatoms. The molecule has 28 heavy (non-hydrogen) atoms. The number of nitrogens with one attached hydrogen (secondary N) is 2. The van der Waals surface area contributed by atoms with Crippen LogP contribution >= 0.6 is 45.8 Å². The molecule has 1 heterocycles. The SMILES string of the molecule is CC1CN(c2ccc(Cl)c(Cl)c2)N=C1NC(=O)CCCNC(=O)CCC(=O)I. The molecular formula is C18H21Cl2IN4O3. The molecule has 0 radical (unpaired) electrons. The molecule has 2 rings (SSSR count). The van der Waals surface area contributed by atoms with Crippen molar-refractivity contribution in [3.8, 4) is 0 Å². The van der Waals surface area contributed by atoms with Gasteiger partial charge in [-0.2, -0.15) is 5.10 Å². The quantitative estimate of drug-likeness (QED) is 0.301. The zero-order valence-electron chi connectivity index (χ0n) is 15.3. The molecule has 0 bridgehead atoms. The Bertz CT molecular complexity index is 788. The zero-order chi connectivity index (χ0) is 20.7. The average Bonchev–Trinajstić information content (AvgIpc) is 2.99. The highest BCUT2D eigenvalue weighted by molar-refractivity contribution is 14.1. The molecule has 2 N–H and O–H groups in total. The lowest BCUT2D eigenvalue weighted by Gasteiger charge is -2.14. The molecule has 7 nitrogen and oxygen atoms in total. The number of rotatable bonds is 8. The first-order chi connectivity index (χ1) is 13.3. The number of amides is 2. The Hall–Kier alpha value is -1.39. The van der Waals surface area contributed by atoms with Crippen LogP contribution in [-0.2, 0) is 14.4 Å². The first-order valence-electron chi connectivity index (χ1n) is 8.82. The van der Waals surface area contributed by atoms with Crippen molar-refractivity contribution in [1.82, 2.24) is 10.6 Å². The highest BCUT2D eigenvalue weighted by Gasteiger charge is 2.25. The van der Waals surface area contributed by atoms with Gasteiger partial charge in [-0.1, -0.05) is 30.1 Å². The van der Waals surface area contributed by atoms with Crippen molar-refractivity contribution in [1.29, 1.82) is 0 Å². The topological polar surface area (TPSA) is 90.9 Å². The van der Waals surface area contributed by atoms with Crippen LogP contribution in [-0.4, -0.2) is 34.5 Å². The van der Waals surface area contributed by atoms with Crippen molar-refractivity contribution in [2.75, 3.05) is 18.1 Å². The zero-order valence-corrected chi connectivity index (χ0v) is 19.0. The number of amidine groups is 1.